The quantitative estimate of drug-likeness (QED) is 0.395. The second-order valence-electron chi connectivity index (χ2n) is 5.22. The first-order valence-corrected chi connectivity index (χ1v) is 12.7. The van der Waals surface area contributed by atoms with Gasteiger partial charge in [-0.2, -0.15) is 13.2 Å². The number of rotatable bonds is 9. The molecule has 0 saturated carbocycles. The van der Waals surface area contributed by atoms with Crippen LogP contribution in [0.1, 0.15) is 13.8 Å². The predicted molar refractivity (Wildman–Crippen MR) is 94.5 cm³/mol. The summed E-state index contributed by atoms with van der Waals surface area (Å²) in [6, 6.07) is 0. The highest BCUT2D eigenvalue weighted by Crippen LogP contribution is 2.47. The van der Waals surface area contributed by atoms with Crippen molar-refractivity contribution in [1.29, 1.82) is 0 Å². The average Bonchev–Trinajstić information content (AvgIpc) is 2.89. The molecule has 0 unspecified atom stereocenters. The van der Waals surface area contributed by atoms with Crippen LogP contribution in [-0.2, 0) is 47.3 Å². The van der Waals surface area contributed by atoms with E-state index < -0.39 is 33.2 Å². The van der Waals surface area contributed by atoms with Crippen LogP contribution >= 0.6 is 7.60 Å². The first-order chi connectivity index (χ1) is 12.6. The summed E-state index contributed by atoms with van der Waals surface area (Å²) in [5.41, 5.74) is -5.67. The lowest BCUT2D eigenvalue weighted by Gasteiger charge is -2.19. The smallest absolute Gasteiger partial charge is 0.429 e. The molecule has 16 heteroatoms. The first-order valence-electron chi connectivity index (χ1n) is 7.70. The summed E-state index contributed by atoms with van der Waals surface area (Å²) in [7, 11) is -11.4. The van der Waals surface area contributed by atoms with Gasteiger partial charge in [0, 0.05) is 6.26 Å². The normalized spacial score (nSPS) is 13.1. The number of sulfonamides is 2. The fourth-order valence-corrected chi connectivity index (χ4v) is 5.01. The Morgan fingerprint density at radius 1 is 1.14 bits per heavy atom. The monoisotopic (exact) mass is 473 g/mol. The van der Waals surface area contributed by atoms with E-state index >= 15 is 0 Å². The topological polar surface area (TPSA) is 127 Å². The molecule has 0 amide bonds. The van der Waals surface area contributed by atoms with Gasteiger partial charge < -0.3 is 13.2 Å². The molecule has 0 N–H and O–H groups in total. The number of halogens is 3. The molecule has 1 aromatic rings. The van der Waals surface area contributed by atoms with Crippen molar-refractivity contribution in [3.63, 3.8) is 0 Å². The van der Waals surface area contributed by atoms with Crippen molar-refractivity contribution >= 4 is 27.6 Å². The second-order valence-corrected chi connectivity index (χ2v) is 10.9. The maximum absolute atomic E-state index is 12.1. The number of hydrogen-bond acceptors (Lipinski definition) is 7. The molecule has 0 fully saturated rings. The second kappa shape index (κ2) is 10.7. The lowest BCUT2D eigenvalue weighted by atomic mass is 10.7. The number of nitrogens with zero attached hydrogens (tertiary/aromatic N) is 3. The third kappa shape index (κ3) is 10.5. The molecular weight excluding hydrogens is 450 g/mol. The maximum atomic E-state index is 12.1. The molecule has 0 spiro atoms. The molecule has 0 saturated heterocycles. The predicted octanol–water partition coefficient (Wildman–Crippen LogP) is 1.75. The Hall–Kier alpha value is -0.990. The van der Waals surface area contributed by atoms with Gasteiger partial charge in [-0.25, -0.2) is 26.0 Å². The van der Waals surface area contributed by atoms with E-state index in [-0.39, 0.29) is 6.26 Å². The molecule has 166 valence electrons. The molecule has 0 atom stereocenters. The summed E-state index contributed by atoms with van der Waals surface area (Å²) in [4.78, 5) is 0. The number of aryl methyl sites for hydroxylation is 2. The Kier molecular flexibility index (Phi) is 10.3. The Labute approximate surface area is 162 Å². The zero-order valence-electron chi connectivity index (χ0n) is 15.7. The van der Waals surface area contributed by atoms with Crippen LogP contribution < -0.4 is 4.57 Å². The van der Waals surface area contributed by atoms with Crippen LogP contribution in [0.15, 0.2) is 18.7 Å². The fourth-order valence-electron chi connectivity index (χ4n) is 1.65. The van der Waals surface area contributed by atoms with Crippen molar-refractivity contribution in [1.82, 2.24) is 4.57 Å². The molecule has 0 radical (unpaired) electrons. The molecule has 28 heavy (non-hydrogen) atoms. The van der Waals surface area contributed by atoms with E-state index in [1.54, 1.807) is 4.13 Å². The van der Waals surface area contributed by atoms with Crippen LogP contribution in [0.4, 0.5) is 13.2 Å². The van der Waals surface area contributed by atoms with E-state index in [4.69, 9.17) is 9.05 Å². The van der Waals surface area contributed by atoms with Crippen LogP contribution in [0, 0.1) is 0 Å². The van der Waals surface area contributed by atoms with Gasteiger partial charge in [0.05, 0.1) is 36.4 Å². The third-order valence-corrected chi connectivity index (χ3v) is 7.14. The SMILES string of the molecule is CCOP(=O)(CCn1cc[n+](C)c1)OCC.CS(=O)(=O)[N-]S(=O)(=O)C(F)(F)F. The molecule has 10 nitrogen and oxygen atoms in total. The van der Waals surface area contributed by atoms with E-state index in [9.17, 15) is 34.6 Å². The van der Waals surface area contributed by atoms with Crippen molar-refractivity contribution in [2.24, 2.45) is 7.05 Å². The van der Waals surface area contributed by atoms with Crippen LogP contribution in [0.25, 0.3) is 4.13 Å². The van der Waals surface area contributed by atoms with Crippen molar-refractivity contribution < 1.29 is 48.2 Å². The zero-order valence-corrected chi connectivity index (χ0v) is 18.2. The van der Waals surface area contributed by atoms with Gasteiger partial charge in [0.15, 0.2) is 10.0 Å². The standard InChI is InChI=1S/C10H20N2O3P.C2H3F3NO4S2/c1-4-14-16(13,15-5-2)9-8-12-7-6-11(3)10-12;1-11(7,8)6-12(9,10)2(3,4)5/h6-7,10H,4-5,8-9H2,1-3H3;1H3/q+1;-1. The molecule has 0 aliphatic rings. The van der Waals surface area contributed by atoms with Gasteiger partial charge in [-0.15, -0.1) is 0 Å². The van der Waals surface area contributed by atoms with Crippen molar-refractivity contribution in [3.05, 3.63) is 22.8 Å². The molecule has 1 aromatic heterocycles. The molecular formula is C12H23F3N3O7PS2. The molecule has 0 aromatic carbocycles. The number of imidazole rings is 1. The Balaban J connectivity index is 0.000000546. The Morgan fingerprint density at radius 3 is 1.93 bits per heavy atom. The van der Waals surface area contributed by atoms with E-state index in [0.29, 0.717) is 25.9 Å². The Bertz CT molecular complexity index is 859. The summed E-state index contributed by atoms with van der Waals surface area (Å²) < 4.78 is 102. The van der Waals surface area contributed by atoms with Crippen LogP contribution in [-0.4, -0.2) is 52.5 Å². The lowest BCUT2D eigenvalue weighted by molar-refractivity contribution is -0.671. The van der Waals surface area contributed by atoms with Crippen molar-refractivity contribution in [3.8, 4) is 0 Å². The van der Waals surface area contributed by atoms with Gasteiger partial charge in [-0.05, 0) is 13.8 Å². The van der Waals surface area contributed by atoms with Gasteiger partial charge in [0.2, 0.25) is 6.33 Å². The van der Waals surface area contributed by atoms with Crippen LogP contribution in [0.5, 0.6) is 0 Å². The van der Waals surface area contributed by atoms with Crippen LogP contribution in [0.3, 0.4) is 0 Å². The van der Waals surface area contributed by atoms with Gasteiger partial charge in [0.1, 0.15) is 18.9 Å². The van der Waals surface area contributed by atoms with Crippen LogP contribution in [0.2, 0.25) is 0 Å². The summed E-state index contributed by atoms with van der Waals surface area (Å²) in [6.45, 7) is 5.11. The van der Waals surface area contributed by atoms with Crippen molar-refractivity contribution in [2.75, 3.05) is 25.6 Å². The lowest BCUT2D eigenvalue weighted by Crippen LogP contribution is -2.24. The molecule has 1 heterocycles. The minimum atomic E-state index is -5.92. The first kappa shape index (κ1) is 27.0. The van der Waals surface area contributed by atoms with Gasteiger partial charge in [0.25, 0.3) is 0 Å². The fraction of sp³-hybridized carbons (Fsp3) is 0.750. The molecule has 0 aliphatic heterocycles. The highest BCUT2D eigenvalue weighted by molar-refractivity contribution is 8.12. The summed E-state index contributed by atoms with van der Waals surface area (Å²) in [6.07, 6.45) is 6.45. The molecule has 0 bridgehead atoms. The van der Waals surface area contributed by atoms with E-state index in [1.165, 1.54) is 0 Å². The zero-order chi connectivity index (χ0) is 22.2. The van der Waals surface area contributed by atoms with E-state index in [0.717, 1.165) is 0 Å². The number of aromatic nitrogens is 2. The average molecular weight is 473 g/mol. The van der Waals surface area contributed by atoms with Gasteiger partial charge in [-0.3, -0.25) is 4.57 Å². The van der Waals surface area contributed by atoms with E-state index in [1.807, 2.05) is 48.8 Å². The summed E-state index contributed by atoms with van der Waals surface area (Å²) in [5.74, 6) is 0. The Morgan fingerprint density at radius 2 is 1.64 bits per heavy atom. The highest BCUT2D eigenvalue weighted by atomic mass is 32.3. The summed E-state index contributed by atoms with van der Waals surface area (Å²) >= 11 is 0. The van der Waals surface area contributed by atoms with E-state index in [2.05, 4.69) is 0 Å². The number of hydrogen-bond donors (Lipinski definition) is 0. The largest absolute Gasteiger partial charge is 0.480 e. The highest BCUT2D eigenvalue weighted by Gasteiger charge is 2.40. The minimum Gasteiger partial charge on any atom is -0.429 e. The molecule has 0 aliphatic carbocycles. The maximum Gasteiger partial charge on any atom is 0.480 e. The van der Waals surface area contributed by atoms with Gasteiger partial charge in [-0.1, -0.05) is 0 Å². The minimum absolute atomic E-state index is 0.246. The number of alkyl halides is 3. The van der Waals surface area contributed by atoms with Crippen molar-refractivity contribution in [2.45, 2.75) is 25.9 Å². The summed E-state index contributed by atoms with van der Waals surface area (Å²) in [5, 5.41) is 0. The third-order valence-electron chi connectivity index (χ3n) is 2.63. The molecule has 1 rings (SSSR count). The van der Waals surface area contributed by atoms with Gasteiger partial charge >= 0.3 is 13.1 Å².